The number of rotatable bonds is 7. The molecule has 0 aliphatic heterocycles. The second-order valence-electron chi connectivity index (χ2n) is 5.89. The summed E-state index contributed by atoms with van der Waals surface area (Å²) in [7, 11) is 3.18. The molecular formula is C21H20FN3O3S. The van der Waals surface area contributed by atoms with E-state index in [0.29, 0.717) is 28.6 Å². The third-order valence-electron chi connectivity index (χ3n) is 3.96. The van der Waals surface area contributed by atoms with Gasteiger partial charge < -0.3 is 20.1 Å². The number of carbonyl (C=O) groups excluding carboxylic acids is 1. The number of thioether (sulfide) groups is 1. The molecule has 0 aliphatic rings. The van der Waals surface area contributed by atoms with Gasteiger partial charge in [-0.05, 0) is 48.5 Å². The van der Waals surface area contributed by atoms with Crippen LogP contribution >= 0.6 is 11.8 Å². The summed E-state index contributed by atoms with van der Waals surface area (Å²) in [4.78, 5) is 17.4. The molecule has 0 aliphatic carbocycles. The van der Waals surface area contributed by atoms with Gasteiger partial charge in [0.25, 0.3) is 0 Å². The Labute approximate surface area is 172 Å². The molecule has 1 aromatic heterocycles. The number of aromatic nitrogens is 1. The normalized spacial score (nSPS) is 10.3. The number of amides is 2. The van der Waals surface area contributed by atoms with E-state index in [4.69, 9.17) is 9.47 Å². The van der Waals surface area contributed by atoms with Gasteiger partial charge >= 0.3 is 6.03 Å². The molecule has 8 heteroatoms. The lowest BCUT2D eigenvalue weighted by Gasteiger charge is -2.11. The predicted octanol–water partition coefficient (Wildman–Crippen LogP) is 5.17. The maximum absolute atomic E-state index is 12.9. The minimum Gasteiger partial charge on any atom is -0.493 e. The number of halogens is 1. The molecule has 3 aromatic rings. The number of hydrogen-bond acceptors (Lipinski definition) is 5. The van der Waals surface area contributed by atoms with E-state index in [1.54, 1.807) is 38.2 Å². The van der Waals surface area contributed by atoms with Crippen molar-refractivity contribution >= 4 is 29.2 Å². The summed E-state index contributed by atoms with van der Waals surface area (Å²) in [5, 5.41) is 5.38. The summed E-state index contributed by atoms with van der Waals surface area (Å²) in [6, 6.07) is 14.3. The fraction of sp³-hybridized carbons (Fsp3) is 0.143. The lowest BCUT2D eigenvalue weighted by atomic mass is 10.3. The molecule has 2 amide bonds. The van der Waals surface area contributed by atoms with Gasteiger partial charge in [-0.25, -0.2) is 9.18 Å². The van der Waals surface area contributed by atoms with Crippen LogP contribution in [0.15, 0.2) is 65.7 Å². The van der Waals surface area contributed by atoms with E-state index in [-0.39, 0.29) is 5.82 Å². The van der Waals surface area contributed by atoms with Gasteiger partial charge in [0.1, 0.15) is 5.82 Å². The monoisotopic (exact) mass is 413 g/mol. The van der Waals surface area contributed by atoms with E-state index in [1.807, 2.05) is 24.3 Å². The molecule has 3 rings (SSSR count). The lowest BCUT2D eigenvalue weighted by Crippen LogP contribution is -2.19. The molecule has 0 fully saturated rings. The van der Waals surface area contributed by atoms with Crippen molar-refractivity contribution in [3.63, 3.8) is 0 Å². The number of nitrogens with zero attached hydrogens (tertiary/aromatic N) is 1. The van der Waals surface area contributed by atoms with Crippen LogP contribution in [0.4, 0.5) is 20.6 Å². The van der Waals surface area contributed by atoms with E-state index < -0.39 is 6.03 Å². The third-order valence-corrected chi connectivity index (χ3v) is 4.98. The van der Waals surface area contributed by atoms with Gasteiger partial charge in [0.15, 0.2) is 11.5 Å². The van der Waals surface area contributed by atoms with Crippen molar-refractivity contribution in [1.82, 2.24) is 4.98 Å². The Balaban J connectivity index is 1.56. The maximum Gasteiger partial charge on any atom is 0.323 e. The highest BCUT2D eigenvalue weighted by Gasteiger charge is 2.11. The summed E-state index contributed by atoms with van der Waals surface area (Å²) in [6.07, 6.45) is 1.68. The van der Waals surface area contributed by atoms with Gasteiger partial charge in [0, 0.05) is 34.3 Å². The zero-order valence-electron chi connectivity index (χ0n) is 15.9. The molecule has 0 atom stereocenters. The highest BCUT2D eigenvalue weighted by atomic mass is 32.2. The molecule has 0 unspecified atom stereocenters. The molecule has 6 nitrogen and oxygen atoms in total. The Morgan fingerprint density at radius 2 is 1.59 bits per heavy atom. The third kappa shape index (κ3) is 5.61. The van der Waals surface area contributed by atoms with Gasteiger partial charge in [-0.3, -0.25) is 4.98 Å². The molecule has 29 heavy (non-hydrogen) atoms. The van der Waals surface area contributed by atoms with E-state index >= 15 is 0 Å². The molecular weight excluding hydrogens is 393 g/mol. The number of methoxy groups -OCH3 is 2. The van der Waals surface area contributed by atoms with Crippen LogP contribution in [-0.2, 0) is 5.75 Å². The summed E-state index contributed by atoms with van der Waals surface area (Å²) in [6.45, 7) is 0. The number of urea groups is 1. The highest BCUT2D eigenvalue weighted by molar-refractivity contribution is 7.98. The zero-order valence-corrected chi connectivity index (χ0v) is 16.8. The number of ether oxygens (including phenoxy) is 2. The molecule has 150 valence electrons. The van der Waals surface area contributed by atoms with Crippen LogP contribution < -0.4 is 20.1 Å². The van der Waals surface area contributed by atoms with E-state index in [0.717, 1.165) is 10.6 Å². The fourth-order valence-corrected chi connectivity index (χ4v) is 3.40. The first-order valence-electron chi connectivity index (χ1n) is 8.71. The highest BCUT2D eigenvalue weighted by Crippen LogP contribution is 2.33. The quantitative estimate of drug-likeness (QED) is 0.523. The number of hydrogen-bond donors (Lipinski definition) is 2. The Morgan fingerprint density at radius 3 is 2.17 bits per heavy atom. The molecule has 2 N–H and O–H groups in total. The Hall–Kier alpha value is -3.26. The second-order valence-corrected chi connectivity index (χ2v) is 6.94. The van der Waals surface area contributed by atoms with Gasteiger partial charge in [-0.15, -0.1) is 11.8 Å². The van der Waals surface area contributed by atoms with Gasteiger partial charge in [-0.2, -0.15) is 0 Å². The Morgan fingerprint density at radius 1 is 0.966 bits per heavy atom. The smallest absolute Gasteiger partial charge is 0.323 e. The molecule has 0 bridgehead atoms. The molecule has 2 aromatic carbocycles. The van der Waals surface area contributed by atoms with Crippen molar-refractivity contribution in [3.8, 4) is 11.5 Å². The van der Waals surface area contributed by atoms with Crippen molar-refractivity contribution in [2.45, 2.75) is 10.6 Å². The predicted molar refractivity (Wildman–Crippen MR) is 112 cm³/mol. The standard InChI is InChI=1S/C21H20FN3O3S/c1-27-19-11-12-23-18(20(19)28-2)13-29-17-9-7-16(8-10-17)25-21(26)24-15-5-3-14(22)4-6-15/h3-12H,13H2,1-2H3,(H2,24,25,26). The number of pyridine rings is 1. The van der Waals surface area contributed by atoms with Crippen LogP contribution in [0.3, 0.4) is 0 Å². The fourth-order valence-electron chi connectivity index (χ4n) is 2.57. The topological polar surface area (TPSA) is 72.5 Å². The van der Waals surface area contributed by atoms with Crippen LogP contribution in [0, 0.1) is 5.82 Å². The average molecular weight is 413 g/mol. The summed E-state index contributed by atoms with van der Waals surface area (Å²) in [5.74, 6) is 1.52. The van der Waals surface area contributed by atoms with Crippen molar-refractivity contribution < 1.29 is 18.7 Å². The van der Waals surface area contributed by atoms with Crippen LogP contribution in [0.5, 0.6) is 11.5 Å². The van der Waals surface area contributed by atoms with Crippen LogP contribution in [0.1, 0.15) is 5.69 Å². The first-order valence-corrected chi connectivity index (χ1v) is 9.70. The second kappa shape index (κ2) is 9.79. The molecule has 0 saturated heterocycles. The minimum atomic E-state index is -0.401. The van der Waals surface area contributed by atoms with E-state index in [9.17, 15) is 9.18 Å². The van der Waals surface area contributed by atoms with Crippen molar-refractivity contribution in [2.75, 3.05) is 24.9 Å². The first-order chi connectivity index (χ1) is 14.1. The van der Waals surface area contributed by atoms with E-state index in [2.05, 4.69) is 15.6 Å². The Kier molecular flexibility index (Phi) is 6.91. The summed E-state index contributed by atoms with van der Waals surface area (Å²) in [5.41, 5.74) is 1.94. The van der Waals surface area contributed by atoms with Crippen molar-refractivity contribution in [1.29, 1.82) is 0 Å². The van der Waals surface area contributed by atoms with Gasteiger partial charge in [0.05, 0.1) is 19.9 Å². The number of nitrogens with one attached hydrogen (secondary N) is 2. The number of carbonyl (C=O) groups is 1. The van der Waals surface area contributed by atoms with Crippen molar-refractivity contribution in [2.24, 2.45) is 0 Å². The largest absolute Gasteiger partial charge is 0.493 e. The van der Waals surface area contributed by atoms with Gasteiger partial charge in [0.2, 0.25) is 0 Å². The zero-order chi connectivity index (χ0) is 20.6. The maximum atomic E-state index is 12.9. The van der Waals surface area contributed by atoms with Crippen LogP contribution in [0.25, 0.3) is 0 Å². The minimum absolute atomic E-state index is 0.356. The molecule has 0 saturated carbocycles. The van der Waals surface area contributed by atoms with Gasteiger partial charge in [-0.1, -0.05) is 0 Å². The molecule has 1 heterocycles. The number of benzene rings is 2. The molecule has 0 radical (unpaired) electrons. The lowest BCUT2D eigenvalue weighted by molar-refractivity contribution is 0.262. The van der Waals surface area contributed by atoms with Crippen LogP contribution in [0.2, 0.25) is 0 Å². The van der Waals surface area contributed by atoms with Crippen LogP contribution in [-0.4, -0.2) is 25.2 Å². The first kappa shape index (κ1) is 20.5. The number of anilines is 2. The molecule has 0 spiro atoms. The summed E-state index contributed by atoms with van der Waals surface area (Å²) < 4.78 is 23.6. The SMILES string of the molecule is COc1ccnc(CSc2ccc(NC(=O)Nc3ccc(F)cc3)cc2)c1OC. The van der Waals surface area contributed by atoms with E-state index in [1.165, 1.54) is 24.3 Å². The van der Waals surface area contributed by atoms with Crippen molar-refractivity contribution in [3.05, 3.63) is 72.3 Å². The average Bonchev–Trinajstić information content (AvgIpc) is 2.74. The summed E-state index contributed by atoms with van der Waals surface area (Å²) >= 11 is 1.59. The Bertz CT molecular complexity index is 966.